The number of nitrogens with zero attached hydrogens (tertiary/aromatic N) is 3. The van der Waals surface area contributed by atoms with Crippen LogP contribution in [0.5, 0.6) is 0 Å². The summed E-state index contributed by atoms with van der Waals surface area (Å²) < 4.78 is 2.35. The van der Waals surface area contributed by atoms with Gasteiger partial charge in [0, 0.05) is 24.5 Å². The number of aryl methyl sites for hydroxylation is 1. The zero-order chi connectivity index (χ0) is 13.2. The molecule has 0 radical (unpaired) electrons. The van der Waals surface area contributed by atoms with E-state index in [9.17, 15) is 0 Å². The Hall–Kier alpha value is -1.20. The smallest absolute Gasteiger partial charge is 0.152 e. The second-order valence-corrected chi connectivity index (χ2v) is 6.02. The van der Waals surface area contributed by atoms with Crippen LogP contribution in [0, 0.1) is 6.92 Å². The highest BCUT2D eigenvalue weighted by Gasteiger charge is 2.24. The van der Waals surface area contributed by atoms with Gasteiger partial charge in [0.2, 0.25) is 0 Å². The Morgan fingerprint density at radius 1 is 1.47 bits per heavy atom. The Labute approximate surface area is 117 Å². The molecule has 0 aliphatic carbocycles. The van der Waals surface area contributed by atoms with Crippen LogP contribution in [0.1, 0.15) is 37.9 Å². The molecule has 0 aromatic carbocycles. The van der Waals surface area contributed by atoms with Crippen molar-refractivity contribution in [1.29, 1.82) is 0 Å². The molecular formula is C14H20N4S. The lowest BCUT2D eigenvalue weighted by molar-refractivity contribution is 0.297. The van der Waals surface area contributed by atoms with Crippen LogP contribution in [0.2, 0.25) is 0 Å². The minimum Gasteiger partial charge on any atom is -0.327 e. The first-order valence-electron chi connectivity index (χ1n) is 6.96. The summed E-state index contributed by atoms with van der Waals surface area (Å²) in [5, 5.41) is 3.58. The first kappa shape index (κ1) is 12.8. The van der Waals surface area contributed by atoms with Crippen molar-refractivity contribution in [3.63, 3.8) is 0 Å². The lowest BCUT2D eigenvalue weighted by Crippen LogP contribution is -2.38. The highest BCUT2D eigenvalue weighted by molar-refractivity contribution is 7.13. The van der Waals surface area contributed by atoms with Crippen molar-refractivity contribution >= 4 is 11.3 Å². The molecule has 1 N–H and O–H groups in total. The maximum Gasteiger partial charge on any atom is 0.152 e. The van der Waals surface area contributed by atoms with Crippen LogP contribution in [0.15, 0.2) is 17.9 Å². The van der Waals surface area contributed by atoms with Gasteiger partial charge in [-0.05, 0) is 32.7 Å². The molecule has 1 saturated heterocycles. The molecule has 2 aromatic heterocycles. The lowest BCUT2D eigenvalue weighted by Gasteiger charge is -2.31. The van der Waals surface area contributed by atoms with E-state index >= 15 is 0 Å². The predicted octanol–water partition coefficient (Wildman–Crippen LogP) is 3.02. The Morgan fingerprint density at radius 3 is 3.11 bits per heavy atom. The van der Waals surface area contributed by atoms with Crippen molar-refractivity contribution in [2.75, 3.05) is 6.54 Å². The maximum atomic E-state index is 4.56. The average molecular weight is 276 g/mol. The van der Waals surface area contributed by atoms with Gasteiger partial charge in [0.25, 0.3) is 0 Å². The summed E-state index contributed by atoms with van der Waals surface area (Å²) in [6.07, 6.45) is 7.60. The molecule has 0 unspecified atom stereocenters. The highest BCUT2D eigenvalue weighted by Crippen LogP contribution is 2.31. The van der Waals surface area contributed by atoms with E-state index in [0.717, 1.165) is 18.1 Å². The number of thiazole rings is 1. The van der Waals surface area contributed by atoms with E-state index in [2.05, 4.69) is 39.9 Å². The largest absolute Gasteiger partial charge is 0.327 e. The monoisotopic (exact) mass is 276 g/mol. The number of hydrogen-bond donors (Lipinski definition) is 1. The van der Waals surface area contributed by atoms with E-state index < -0.39 is 0 Å². The van der Waals surface area contributed by atoms with Crippen LogP contribution in [0.25, 0.3) is 10.7 Å². The van der Waals surface area contributed by atoms with Crippen LogP contribution in [0.4, 0.5) is 0 Å². The second-order valence-electron chi connectivity index (χ2n) is 5.16. The van der Waals surface area contributed by atoms with Crippen LogP contribution in [0.3, 0.4) is 0 Å². The fourth-order valence-corrected chi connectivity index (χ4v) is 3.65. The number of nitrogens with one attached hydrogen (secondary N) is 1. The lowest BCUT2D eigenvalue weighted by atomic mass is 9.97. The quantitative estimate of drug-likeness (QED) is 0.937. The number of rotatable bonds is 3. The van der Waals surface area contributed by atoms with E-state index in [1.54, 1.807) is 11.3 Å². The molecule has 0 spiro atoms. The molecule has 0 bridgehead atoms. The van der Waals surface area contributed by atoms with Crippen molar-refractivity contribution in [3.05, 3.63) is 23.6 Å². The van der Waals surface area contributed by atoms with Gasteiger partial charge in [0.15, 0.2) is 5.82 Å². The van der Waals surface area contributed by atoms with Gasteiger partial charge in [-0.1, -0.05) is 6.92 Å². The molecule has 2 atom stereocenters. The highest BCUT2D eigenvalue weighted by atomic mass is 32.1. The number of imidazole rings is 1. The Morgan fingerprint density at radius 2 is 2.37 bits per heavy atom. The Balaban J connectivity index is 1.90. The molecule has 4 nitrogen and oxygen atoms in total. The second kappa shape index (κ2) is 5.43. The molecule has 1 fully saturated rings. The Kier molecular flexibility index (Phi) is 3.66. The summed E-state index contributed by atoms with van der Waals surface area (Å²) in [6, 6.07) is 1.20. The van der Waals surface area contributed by atoms with E-state index in [-0.39, 0.29) is 0 Å². The third kappa shape index (κ3) is 2.44. The van der Waals surface area contributed by atoms with Gasteiger partial charge < -0.3 is 9.88 Å². The standard InChI is InChI=1S/C14H20N4S/c1-3-11-8-12(4-5-15-11)18-7-6-16-14(18)13-10(2)17-9-19-13/h6-7,9,11-12,15H,3-5,8H2,1-2H3/t11-,12-/m1/s1. The fraction of sp³-hybridized carbons (Fsp3) is 0.571. The fourth-order valence-electron chi connectivity index (χ4n) is 2.85. The summed E-state index contributed by atoms with van der Waals surface area (Å²) in [6.45, 7) is 5.41. The van der Waals surface area contributed by atoms with Gasteiger partial charge in [-0.25, -0.2) is 9.97 Å². The SMILES string of the molecule is CC[C@@H]1C[C@H](n2ccnc2-c2scnc2C)CCN1. The molecule has 3 heterocycles. The van der Waals surface area contributed by atoms with Crippen LogP contribution in [-0.2, 0) is 0 Å². The van der Waals surface area contributed by atoms with E-state index in [1.807, 2.05) is 11.7 Å². The first-order chi connectivity index (χ1) is 9.29. The van der Waals surface area contributed by atoms with Crippen LogP contribution >= 0.6 is 11.3 Å². The third-order valence-electron chi connectivity index (χ3n) is 3.97. The number of hydrogen-bond acceptors (Lipinski definition) is 4. The van der Waals surface area contributed by atoms with E-state index in [0.29, 0.717) is 12.1 Å². The van der Waals surface area contributed by atoms with Gasteiger partial charge in [0.1, 0.15) is 0 Å². The molecule has 102 valence electrons. The van der Waals surface area contributed by atoms with Gasteiger partial charge in [-0.15, -0.1) is 11.3 Å². The Bertz CT molecular complexity index is 545. The summed E-state index contributed by atoms with van der Waals surface area (Å²) in [5.41, 5.74) is 2.99. The predicted molar refractivity (Wildman–Crippen MR) is 78.4 cm³/mol. The van der Waals surface area contributed by atoms with E-state index in [1.165, 1.54) is 24.1 Å². The van der Waals surface area contributed by atoms with Gasteiger partial charge in [0.05, 0.1) is 16.1 Å². The zero-order valence-corrected chi connectivity index (χ0v) is 12.3. The third-order valence-corrected chi connectivity index (χ3v) is 4.90. The van der Waals surface area contributed by atoms with E-state index in [4.69, 9.17) is 0 Å². The van der Waals surface area contributed by atoms with Crippen molar-refractivity contribution in [2.45, 2.75) is 45.2 Å². The number of piperidine rings is 1. The van der Waals surface area contributed by atoms with Crippen molar-refractivity contribution < 1.29 is 0 Å². The molecule has 0 amide bonds. The summed E-state index contributed by atoms with van der Waals surface area (Å²) in [7, 11) is 0. The summed E-state index contributed by atoms with van der Waals surface area (Å²) in [5.74, 6) is 1.08. The summed E-state index contributed by atoms with van der Waals surface area (Å²) in [4.78, 5) is 10.1. The van der Waals surface area contributed by atoms with Crippen LogP contribution < -0.4 is 5.32 Å². The van der Waals surface area contributed by atoms with Crippen molar-refractivity contribution in [3.8, 4) is 10.7 Å². The number of aromatic nitrogens is 3. The molecule has 3 rings (SSSR count). The zero-order valence-electron chi connectivity index (χ0n) is 11.5. The van der Waals surface area contributed by atoms with Gasteiger partial charge >= 0.3 is 0 Å². The first-order valence-corrected chi connectivity index (χ1v) is 7.84. The van der Waals surface area contributed by atoms with Crippen LogP contribution in [-0.4, -0.2) is 27.1 Å². The molecule has 5 heteroatoms. The molecule has 1 aliphatic heterocycles. The average Bonchev–Trinajstić information content (AvgIpc) is 3.06. The van der Waals surface area contributed by atoms with Crippen molar-refractivity contribution in [2.24, 2.45) is 0 Å². The normalized spacial score (nSPS) is 23.7. The molecule has 2 aromatic rings. The van der Waals surface area contributed by atoms with Gasteiger partial charge in [-0.2, -0.15) is 0 Å². The molecular weight excluding hydrogens is 256 g/mol. The minimum absolute atomic E-state index is 0.560. The molecule has 0 saturated carbocycles. The molecule has 1 aliphatic rings. The summed E-state index contributed by atoms with van der Waals surface area (Å²) >= 11 is 1.68. The minimum atomic E-state index is 0.560. The maximum absolute atomic E-state index is 4.56. The van der Waals surface area contributed by atoms with Crippen molar-refractivity contribution in [1.82, 2.24) is 19.9 Å². The molecule has 19 heavy (non-hydrogen) atoms. The topological polar surface area (TPSA) is 42.7 Å². The van der Waals surface area contributed by atoms with Gasteiger partial charge in [-0.3, -0.25) is 0 Å².